The number of rotatable bonds is 5. The van der Waals surface area contributed by atoms with E-state index in [4.69, 9.17) is 4.74 Å². The molecule has 18 heavy (non-hydrogen) atoms. The van der Waals surface area contributed by atoms with E-state index in [2.05, 4.69) is 26.3 Å². The molecule has 0 radical (unpaired) electrons. The molecule has 0 aliphatic carbocycles. The van der Waals surface area contributed by atoms with E-state index in [-0.39, 0.29) is 12.0 Å². The second-order valence-electron chi connectivity index (χ2n) is 4.49. The molecule has 1 aromatic rings. The summed E-state index contributed by atoms with van der Waals surface area (Å²) in [5, 5.41) is 7.09. The van der Waals surface area contributed by atoms with Crippen molar-refractivity contribution in [3.8, 4) is 0 Å². The summed E-state index contributed by atoms with van der Waals surface area (Å²) >= 11 is 3.40. The molecule has 1 aliphatic heterocycles. The van der Waals surface area contributed by atoms with Crippen molar-refractivity contribution in [3.63, 3.8) is 0 Å². The van der Waals surface area contributed by atoms with Crippen LogP contribution in [-0.4, -0.2) is 34.9 Å². The average molecular weight is 316 g/mol. The molecule has 0 aromatic carbocycles. The maximum Gasteiger partial charge on any atom is 0.221 e. The number of ether oxygens (including phenoxy) is 1. The summed E-state index contributed by atoms with van der Waals surface area (Å²) in [6.45, 7) is 4.03. The number of nitrogens with zero attached hydrogens (tertiary/aromatic N) is 2. The second kappa shape index (κ2) is 6.33. The van der Waals surface area contributed by atoms with Crippen LogP contribution in [0.2, 0.25) is 0 Å². The summed E-state index contributed by atoms with van der Waals surface area (Å²) in [6, 6.07) is 0. The SMILES string of the molecule is Cc1c(Br)cnn1CCC(=O)NCC1CCCO1. The van der Waals surface area contributed by atoms with Gasteiger partial charge >= 0.3 is 0 Å². The van der Waals surface area contributed by atoms with Crippen molar-refractivity contribution in [1.82, 2.24) is 15.1 Å². The Morgan fingerprint density at radius 3 is 3.17 bits per heavy atom. The molecule has 0 saturated carbocycles. The zero-order chi connectivity index (χ0) is 13.0. The Morgan fingerprint density at radius 1 is 1.72 bits per heavy atom. The number of aryl methyl sites for hydroxylation is 1. The number of nitrogens with one attached hydrogen (secondary N) is 1. The molecular weight excluding hydrogens is 298 g/mol. The number of aromatic nitrogens is 2. The van der Waals surface area contributed by atoms with Gasteiger partial charge in [0, 0.05) is 31.8 Å². The normalized spacial score (nSPS) is 19.1. The Balaban J connectivity index is 1.69. The van der Waals surface area contributed by atoms with Gasteiger partial charge in [-0.25, -0.2) is 0 Å². The van der Waals surface area contributed by atoms with Crippen molar-refractivity contribution in [3.05, 3.63) is 16.4 Å². The molecule has 1 unspecified atom stereocenters. The van der Waals surface area contributed by atoms with Gasteiger partial charge in [-0.1, -0.05) is 0 Å². The minimum absolute atomic E-state index is 0.0523. The Kier molecular flexibility index (Phi) is 4.77. The van der Waals surface area contributed by atoms with Gasteiger partial charge < -0.3 is 10.1 Å². The Labute approximate surface area is 115 Å². The van der Waals surface area contributed by atoms with Gasteiger partial charge in [0.05, 0.1) is 16.8 Å². The maximum atomic E-state index is 11.7. The molecule has 1 amide bonds. The van der Waals surface area contributed by atoms with Gasteiger partial charge in [0.25, 0.3) is 0 Å². The molecule has 6 heteroatoms. The molecule has 0 bridgehead atoms. The number of carbonyl (C=O) groups is 1. The fourth-order valence-electron chi connectivity index (χ4n) is 1.98. The summed E-state index contributed by atoms with van der Waals surface area (Å²) in [5.74, 6) is 0.0523. The smallest absolute Gasteiger partial charge is 0.221 e. The molecule has 1 aromatic heterocycles. The van der Waals surface area contributed by atoms with Crippen LogP contribution in [0.3, 0.4) is 0 Å². The summed E-state index contributed by atoms with van der Waals surface area (Å²) < 4.78 is 8.25. The van der Waals surface area contributed by atoms with Crippen LogP contribution >= 0.6 is 15.9 Å². The Bertz CT molecular complexity index is 413. The average Bonchev–Trinajstić information content (AvgIpc) is 2.97. The van der Waals surface area contributed by atoms with Crippen LogP contribution in [0.5, 0.6) is 0 Å². The fourth-order valence-corrected chi connectivity index (χ4v) is 2.27. The van der Waals surface area contributed by atoms with Crippen LogP contribution < -0.4 is 5.32 Å². The minimum Gasteiger partial charge on any atom is -0.376 e. The highest BCUT2D eigenvalue weighted by Crippen LogP contribution is 2.14. The van der Waals surface area contributed by atoms with Crippen LogP contribution in [0, 0.1) is 6.92 Å². The summed E-state index contributed by atoms with van der Waals surface area (Å²) in [6.07, 6.45) is 4.54. The first-order valence-corrected chi connectivity index (χ1v) is 7.02. The molecule has 2 rings (SSSR count). The first kappa shape index (κ1) is 13.5. The van der Waals surface area contributed by atoms with Crippen molar-refractivity contribution in [2.75, 3.05) is 13.2 Å². The van der Waals surface area contributed by atoms with E-state index in [0.29, 0.717) is 19.5 Å². The highest BCUT2D eigenvalue weighted by molar-refractivity contribution is 9.10. The quantitative estimate of drug-likeness (QED) is 0.898. The van der Waals surface area contributed by atoms with E-state index < -0.39 is 0 Å². The van der Waals surface area contributed by atoms with Gasteiger partial charge in [-0.05, 0) is 35.7 Å². The monoisotopic (exact) mass is 315 g/mol. The molecule has 1 N–H and O–H groups in total. The zero-order valence-corrected chi connectivity index (χ0v) is 12.1. The third-order valence-corrected chi connectivity index (χ3v) is 3.92. The molecule has 1 saturated heterocycles. The minimum atomic E-state index is 0.0523. The van der Waals surface area contributed by atoms with Gasteiger partial charge in [0.15, 0.2) is 0 Å². The van der Waals surface area contributed by atoms with E-state index in [1.165, 1.54) is 0 Å². The van der Waals surface area contributed by atoms with Gasteiger partial charge in [-0.3, -0.25) is 9.48 Å². The molecule has 1 atom stereocenters. The van der Waals surface area contributed by atoms with Crippen LogP contribution in [-0.2, 0) is 16.1 Å². The van der Waals surface area contributed by atoms with Gasteiger partial charge in [-0.15, -0.1) is 0 Å². The van der Waals surface area contributed by atoms with Crippen molar-refractivity contribution >= 4 is 21.8 Å². The lowest BCUT2D eigenvalue weighted by atomic mass is 10.2. The lowest BCUT2D eigenvalue weighted by molar-refractivity contribution is -0.121. The Hall–Kier alpha value is -0.880. The van der Waals surface area contributed by atoms with Crippen LogP contribution in [0.25, 0.3) is 0 Å². The van der Waals surface area contributed by atoms with Gasteiger partial charge in [0.1, 0.15) is 0 Å². The van der Waals surface area contributed by atoms with E-state index in [1.807, 2.05) is 11.6 Å². The van der Waals surface area contributed by atoms with Crippen molar-refractivity contribution in [1.29, 1.82) is 0 Å². The molecule has 1 fully saturated rings. The van der Waals surface area contributed by atoms with E-state index in [1.54, 1.807) is 6.20 Å². The van der Waals surface area contributed by atoms with Crippen molar-refractivity contribution < 1.29 is 9.53 Å². The van der Waals surface area contributed by atoms with Crippen LogP contribution in [0.15, 0.2) is 10.7 Å². The van der Waals surface area contributed by atoms with Crippen molar-refractivity contribution in [2.45, 2.75) is 38.8 Å². The third-order valence-electron chi connectivity index (χ3n) is 3.14. The van der Waals surface area contributed by atoms with Crippen LogP contribution in [0.4, 0.5) is 0 Å². The zero-order valence-electron chi connectivity index (χ0n) is 10.5. The molecule has 2 heterocycles. The number of amides is 1. The topological polar surface area (TPSA) is 56.2 Å². The first-order valence-electron chi connectivity index (χ1n) is 6.23. The molecule has 0 spiro atoms. The molecular formula is C12H18BrN3O2. The molecule has 1 aliphatic rings. The predicted octanol–water partition coefficient (Wildman–Crippen LogP) is 1.64. The Morgan fingerprint density at radius 2 is 2.56 bits per heavy atom. The lowest BCUT2D eigenvalue weighted by Crippen LogP contribution is -2.32. The van der Waals surface area contributed by atoms with Crippen molar-refractivity contribution in [2.24, 2.45) is 0 Å². The first-order chi connectivity index (χ1) is 8.66. The second-order valence-corrected chi connectivity index (χ2v) is 5.34. The fraction of sp³-hybridized carbons (Fsp3) is 0.667. The lowest BCUT2D eigenvalue weighted by Gasteiger charge is -2.11. The van der Waals surface area contributed by atoms with E-state index in [0.717, 1.165) is 29.6 Å². The van der Waals surface area contributed by atoms with Gasteiger partial charge in [-0.2, -0.15) is 5.10 Å². The summed E-state index contributed by atoms with van der Waals surface area (Å²) in [4.78, 5) is 11.7. The number of hydrogen-bond donors (Lipinski definition) is 1. The highest BCUT2D eigenvalue weighted by atomic mass is 79.9. The van der Waals surface area contributed by atoms with Gasteiger partial charge in [0.2, 0.25) is 5.91 Å². The number of hydrogen-bond acceptors (Lipinski definition) is 3. The summed E-state index contributed by atoms with van der Waals surface area (Å²) in [7, 11) is 0. The largest absolute Gasteiger partial charge is 0.376 e. The molecule has 100 valence electrons. The van der Waals surface area contributed by atoms with E-state index >= 15 is 0 Å². The number of halogens is 1. The summed E-state index contributed by atoms with van der Waals surface area (Å²) in [5.41, 5.74) is 1.04. The standard InChI is InChI=1S/C12H18BrN3O2/c1-9-11(13)8-15-16(9)5-4-12(17)14-7-10-3-2-6-18-10/h8,10H,2-7H2,1H3,(H,14,17). The molecule has 5 nitrogen and oxygen atoms in total. The van der Waals surface area contributed by atoms with E-state index in [9.17, 15) is 4.79 Å². The third kappa shape index (κ3) is 3.55. The number of carbonyl (C=O) groups excluding carboxylic acids is 1. The maximum absolute atomic E-state index is 11.7. The highest BCUT2D eigenvalue weighted by Gasteiger charge is 2.16. The predicted molar refractivity (Wildman–Crippen MR) is 71.3 cm³/mol. The van der Waals surface area contributed by atoms with Crippen LogP contribution in [0.1, 0.15) is 25.0 Å².